The molecule has 134 valence electrons. The second-order valence-electron chi connectivity index (χ2n) is 6.20. The molecule has 0 aliphatic carbocycles. The lowest BCUT2D eigenvalue weighted by Gasteiger charge is -2.25. The van der Waals surface area contributed by atoms with Gasteiger partial charge in [0.05, 0.1) is 17.5 Å². The van der Waals surface area contributed by atoms with Gasteiger partial charge in [0.25, 0.3) is 5.91 Å². The number of hydrogen-bond donors (Lipinski definition) is 0. The molecule has 0 spiro atoms. The van der Waals surface area contributed by atoms with Crippen LogP contribution in [0.2, 0.25) is 0 Å². The number of sulfone groups is 1. The Balaban J connectivity index is 1.79. The molecule has 0 N–H and O–H groups in total. The molecule has 0 radical (unpaired) electrons. The van der Waals surface area contributed by atoms with Crippen LogP contribution < -0.4 is 0 Å². The van der Waals surface area contributed by atoms with Gasteiger partial charge in [0.1, 0.15) is 0 Å². The Kier molecular flexibility index (Phi) is 5.56. The van der Waals surface area contributed by atoms with Crippen molar-refractivity contribution in [3.05, 3.63) is 52.2 Å². The van der Waals surface area contributed by atoms with Gasteiger partial charge in [-0.15, -0.1) is 11.3 Å². The monoisotopic (exact) mass is 379 g/mol. The minimum atomic E-state index is -3.27. The molecule has 3 rings (SSSR count). The van der Waals surface area contributed by atoms with Gasteiger partial charge in [-0.1, -0.05) is 6.07 Å². The minimum Gasteiger partial charge on any atom is -0.376 e. The van der Waals surface area contributed by atoms with Crippen molar-refractivity contribution in [2.24, 2.45) is 0 Å². The van der Waals surface area contributed by atoms with E-state index in [9.17, 15) is 13.2 Å². The van der Waals surface area contributed by atoms with Crippen molar-refractivity contribution < 1.29 is 17.9 Å². The van der Waals surface area contributed by atoms with E-state index in [0.29, 0.717) is 18.7 Å². The van der Waals surface area contributed by atoms with Crippen molar-refractivity contribution in [2.75, 3.05) is 19.4 Å². The minimum absolute atomic E-state index is 0.0687. The topological polar surface area (TPSA) is 63.7 Å². The van der Waals surface area contributed by atoms with E-state index >= 15 is 0 Å². The molecule has 1 amide bonds. The normalized spacial score (nSPS) is 17.6. The molecule has 0 saturated carbocycles. The summed E-state index contributed by atoms with van der Waals surface area (Å²) in [6.45, 7) is 1.82. The van der Waals surface area contributed by atoms with Gasteiger partial charge < -0.3 is 9.64 Å². The van der Waals surface area contributed by atoms with Crippen LogP contribution in [0.1, 0.15) is 28.1 Å². The highest BCUT2D eigenvalue weighted by molar-refractivity contribution is 7.90. The van der Waals surface area contributed by atoms with Crippen LogP contribution in [0.4, 0.5) is 0 Å². The summed E-state index contributed by atoms with van der Waals surface area (Å²) in [6, 6.07) is 10.1. The van der Waals surface area contributed by atoms with Crippen LogP contribution in [0.3, 0.4) is 0 Å². The average Bonchev–Trinajstić information content (AvgIpc) is 3.27. The molecule has 1 aliphatic heterocycles. The highest BCUT2D eigenvalue weighted by atomic mass is 32.2. The molecular weight excluding hydrogens is 358 g/mol. The fraction of sp³-hybridized carbons (Fsp3) is 0.389. The third kappa shape index (κ3) is 4.68. The number of carbonyl (C=O) groups excluding carboxylic acids is 1. The zero-order chi connectivity index (χ0) is 17.9. The molecule has 2 aromatic rings. The fourth-order valence-corrected chi connectivity index (χ4v) is 4.22. The molecule has 1 aliphatic rings. The highest BCUT2D eigenvalue weighted by Crippen LogP contribution is 2.20. The molecule has 5 nitrogen and oxygen atoms in total. The summed E-state index contributed by atoms with van der Waals surface area (Å²) in [5.41, 5.74) is 0.488. The molecular formula is C18H21NO4S2. The number of nitrogens with zero attached hydrogens (tertiary/aromatic N) is 1. The van der Waals surface area contributed by atoms with Gasteiger partial charge in [-0.3, -0.25) is 4.79 Å². The lowest BCUT2D eigenvalue weighted by molar-refractivity contribution is 0.0509. The molecule has 1 saturated heterocycles. The SMILES string of the molecule is CS(=O)(=O)c1ccc(C(=O)N(Cc2cccs2)CC2CCCO2)cc1. The van der Waals surface area contributed by atoms with Crippen LogP contribution in [0.5, 0.6) is 0 Å². The number of carbonyl (C=O) groups is 1. The van der Waals surface area contributed by atoms with Crippen LogP contribution in [0.25, 0.3) is 0 Å². The molecule has 25 heavy (non-hydrogen) atoms. The van der Waals surface area contributed by atoms with E-state index in [2.05, 4.69) is 0 Å². The van der Waals surface area contributed by atoms with E-state index in [1.165, 1.54) is 12.1 Å². The molecule has 2 heterocycles. The Hall–Kier alpha value is -1.70. The lowest BCUT2D eigenvalue weighted by Crippen LogP contribution is -2.36. The predicted octanol–water partition coefficient (Wildman–Crippen LogP) is 2.97. The van der Waals surface area contributed by atoms with Gasteiger partial charge in [0.15, 0.2) is 9.84 Å². The van der Waals surface area contributed by atoms with Crippen LogP contribution in [-0.2, 0) is 21.1 Å². The molecule has 1 unspecified atom stereocenters. The number of thiophene rings is 1. The number of ether oxygens (including phenoxy) is 1. The van der Waals surface area contributed by atoms with Gasteiger partial charge in [0.2, 0.25) is 0 Å². The van der Waals surface area contributed by atoms with Gasteiger partial charge >= 0.3 is 0 Å². The maximum absolute atomic E-state index is 12.9. The first-order valence-electron chi connectivity index (χ1n) is 8.17. The summed E-state index contributed by atoms with van der Waals surface area (Å²) in [5.74, 6) is -0.107. The van der Waals surface area contributed by atoms with Crippen LogP contribution in [0.15, 0.2) is 46.7 Å². The Bertz CT molecular complexity index is 807. The first-order chi connectivity index (χ1) is 11.9. The smallest absolute Gasteiger partial charge is 0.254 e. The van der Waals surface area contributed by atoms with Gasteiger partial charge in [-0.2, -0.15) is 0 Å². The van der Waals surface area contributed by atoms with E-state index in [1.807, 2.05) is 17.5 Å². The Morgan fingerprint density at radius 3 is 2.60 bits per heavy atom. The lowest BCUT2D eigenvalue weighted by atomic mass is 10.1. The zero-order valence-electron chi connectivity index (χ0n) is 14.1. The average molecular weight is 380 g/mol. The van der Waals surface area contributed by atoms with E-state index < -0.39 is 9.84 Å². The summed E-state index contributed by atoms with van der Waals surface area (Å²) in [4.78, 5) is 16.1. The van der Waals surface area contributed by atoms with Gasteiger partial charge in [-0.25, -0.2) is 8.42 Å². The molecule has 0 bridgehead atoms. The second-order valence-corrected chi connectivity index (χ2v) is 9.24. The molecule has 1 aromatic heterocycles. The third-order valence-corrected chi connectivity index (χ3v) is 6.18. The Morgan fingerprint density at radius 2 is 2.04 bits per heavy atom. The van der Waals surface area contributed by atoms with E-state index in [1.54, 1.807) is 28.4 Å². The maximum atomic E-state index is 12.9. The maximum Gasteiger partial charge on any atom is 0.254 e. The summed E-state index contributed by atoms with van der Waals surface area (Å²) in [6.07, 6.45) is 3.21. The second kappa shape index (κ2) is 7.68. The van der Waals surface area contributed by atoms with E-state index in [4.69, 9.17) is 4.74 Å². The first kappa shape index (κ1) is 18.1. The van der Waals surface area contributed by atoms with E-state index in [-0.39, 0.29) is 16.9 Å². The predicted molar refractivity (Wildman–Crippen MR) is 97.6 cm³/mol. The molecule has 1 aromatic carbocycles. The van der Waals surface area contributed by atoms with Crippen LogP contribution in [-0.4, -0.2) is 44.7 Å². The molecule has 7 heteroatoms. The summed E-state index contributed by atoms with van der Waals surface area (Å²) in [7, 11) is -3.27. The quantitative estimate of drug-likeness (QED) is 0.774. The summed E-state index contributed by atoms with van der Waals surface area (Å²) >= 11 is 1.61. The first-order valence-corrected chi connectivity index (χ1v) is 10.9. The number of hydrogen-bond acceptors (Lipinski definition) is 5. The van der Waals surface area contributed by atoms with E-state index in [0.717, 1.165) is 30.6 Å². The van der Waals surface area contributed by atoms with Crippen molar-refractivity contribution in [1.82, 2.24) is 4.90 Å². The third-order valence-electron chi connectivity index (χ3n) is 4.19. The largest absolute Gasteiger partial charge is 0.376 e. The standard InChI is InChI=1S/C18H21NO4S2/c1-25(21,22)17-8-6-14(7-9-17)18(20)19(12-15-4-2-10-23-15)13-16-5-3-11-24-16/h3,5-9,11,15H,2,4,10,12-13H2,1H3. The van der Waals surface area contributed by atoms with Crippen molar-refractivity contribution in [1.29, 1.82) is 0 Å². The van der Waals surface area contributed by atoms with Crippen LogP contribution >= 0.6 is 11.3 Å². The number of rotatable bonds is 6. The Morgan fingerprint density at radius 1 is 1.28 bits per heavy atom. The van der Waals surface area contributed by atoms with Crippen molar-refractivity contribution >= 4 is 27.1 Å². The molecule has 1 atom stereocenters. The molecule has 1 fully saturated rings. The van der Waals surface area contributed by atoms with Gasteiger partial charge in [0, 0.05) is 29.8 Å². The number of amides is 1. The van der Waals surface area contributed by atoms with Crippen LogP contribution in [0, 0.1) is 0 Å². The number of benzene rings is 1. The van der Waals surface area contributed by atoms with Gasteiger partial charge in [-0.05, 0) is 48.6 Å². The summed E-state index contributed by atoms with van der Waals surface area (Å²) < 4.78 is 28.8. The van der Waals surface area contributed by atoms with Crippen molar-refractivity contribution in [3.63, 3.8) is 0 Å². The van der Waals surface area contributed by atoms with Crippen molar-refractivity contribution in [2.45, 2.75) is 30.4 Å². The highest BCUT2D eigenvalue weighted by Gasteiger charge is 2.24. The fourth-order valence-electron chi connectivity index (χ4n) is 2.87. The Labute approximate surface area is 152 Å². The van der Waals surface area contributed by atoms with Crippen molar-refractivity contribution in [3.8, 4) is 0 Å². The summed E-state index contributed by atoms with van der Waals surface area (Å²) in [5, 5.41) is 1.99. The zero-order valence-corrected chi connectivity index (χ0v) is 15.7.